The minimum absolute atomic E-state index is 0.952. The van der Waals surface area contributed by atoms with Crippen molar-refractivity contribution in [2.45, 2.75) is 6.42 Å². The Kier molecular flexibility index (Phi) is 2.69. The van der Waals surface area contributed by atoms with Gasteiger partial charge in [0.1, 0.15) is 5.82 Å². The molecule has 0 radical (unpaired) electrons. The summed E-state index contributed by atoms with van der Waals surface area (Å²) in [6, 6.07) is 12.3. The Hall–Kier alpha value is -1.61. The van der Waals surface area contributed by atoms with Crippen molar-refractivity contribution in [3.8, 4) is 0 Å². The van der Waals surface area contributed by atoms with E-state index < -0.39 is 0 Å². The minimum Gasteiger partial charge on any atom is -0.302 e. The van der Waals surface area contributed by atoms with E-state index in [0.29, 0.717) is 0 Å². The number of nitrogens with zero attached hydrogens (tertiary/aromatic N) is 2. The van der Waals surface area contributed by atoms with E-state index in [2.05, 4.69) is 56.3 Å². The molecule has 1 aliphatic rings. The van der Waals surface area contributed by atoms with Crippen LogP contribution in [-0.4, -0.2) is 4.98 Å². The first-order valence-corrected chi connectivity index (χ1v) is 6.29. The fraction of sp³-hybridized carbons (Fsp3) is 0.0714. The van der Waals surface area contributed by atoms with Gasteiger partial charge in [-0.1, -0.05) is 34.1 Å². The van der Waals surface area contributed by atoms with Crippen LogP contribution in [0.25, 0.3) is 0 Å². The number of anilines is 2. The molecule has 0 unspecified atom stereocenters. The lowest BCUT2D eigenvalue weighted by Gasteiger charge is -2.25. The molecule has 0 saturated carbocycles. The van der Waals surface area contributed by atoms with Crippen molar-refractivity contribution in [1.82, 2.24) is 4.98 Å². The van der Waals surface area contributed by atoms with Crippen molar-refractivity contribution in [1.29, 1.82) is 0 Å². The van der Waals surface area contributed by atoms with Gasteiger partial charge in [-0.15, -0.1) is 0 Å². The van der Waals surface area contributed by atoms with E-state index in [1.165, 1.54) is 5.56 Å². The summed E-state index contributed by atoms with van der Waals surface area (Å²) in [6.45, 7) is 0. The van der Waals surface area contributed by atoms with Gasteiger partial charge < -0.3 is 4.90 Å². The van der Waals surface area contributed by atoms with Gasteiger partial charge in [-0.2, -0.15) is 0 Å². The number of aromatic nitrogens is 1. The molecule has 0 atom stereocenters. The molecule has 0 aliphatic carbocycles. The second kappa shape index (κ2) is 4.34. The summed E-state index contributed by atoms with van der Waals surface area (Å²) in [5.74, 6) is 1.02. The summed E-state index contributed by atoms with van der Waals surface area (Å²) in [5.41, 5.74) is 2.38. The molecular formula is C14H11BrN2. The third-order valence-corrected chi connectivity index (χ3v) is 3.27. The molecule has 3 rings (SSSR count). The summed E-state index contributed by atoms with van der Waals surface area (Å²) in [6.07, 6.45) is 7.03. The monoisotopic (exact) mass is 286 g/mol. The lowest BCUT2D eigenvalue weighted by Crippen LogP contribution is -2.15. The van der Waals surface area contributed by atoms with E-state index in [1.54, 1.807) is 0 Å². The van der Waals surface area contributed by atoms with Crippen LogP contribution in [-0.2, 0) is 6.42 Å². The topological polar surface area (TPSA) is 16.1 Å². The Labute approximate surface area is 109 Å². The van der Waals surface area contributed by atoms with E-state index in [0.717, 1.165) is 22.4 Å². The predicted octanol–water partition coefficient (Wildman–Crippen LogP) is 4.05. The third-order valence-electron chi connectivity index (χ3n) is 2.77. The van der Waals surface area contributed by atoms with Crippen LogP contribution in [0.15, 0.2) is 59.3 Å². The van der Waals surface area contributed by atoms with E-state index in [1.807, 2.05) is 24.4 Å². The predicted molar refractivity (Wildman–Crippen MR) is 73.4 cm³/mol. The highest BCUT2D eigenvalue weighted by Crippen LogP contribution is 2.31. The first-order chi connectivity index (χ1) is 8.34. The molecule has 0 N–H and O–H groups in total. The highest BCUT2D eigenvalue weighted by atomic mass is 79.9. The molecule has 0 amide bonds. The summed E-state index contributed by atoms with van der Waals surface area (Å²) < 4.78 is 1.08. The van der Waals surface area contributed by atoms with Gasteiger partial charge in [-0.3, -0.25) is 0 Å². The van der Waals surface area contributed by atoms with Crippen molar-refractivity contribution in [2.24, 2.45) is 0 Å². The van der Waals surface area contributed by atoms with Crippen LogP contribution in [0.1, 0.15) is 5.56 Å². The standard InChI is InChI=1S/C14H11BrN2/c15-12-6-1-7-13(10-12)17-9-3-5-11-4-2-8-16-14(11)17/h1-4,6-10H,5H2. The number of halogens is 1. The zero-order chi connectivity index (χ0) is 11.7. The Bertz CT molecular complexity index is 578. The maximum Gasteiger partial charge on any atom is 0.140 e. The van der Waals surface area contributed by atoms with Crippen LogP contribution in [0.3, 0.4) is 0 Å². The van der Waals surface area contributed by atoms with E-state index in [9.17, 15) is 0 Å². The molecule has 2 aromatic rings. The lowest BCUT2D eigenvalue weighted by atomic mass is 10.1. The minimum atomic E-state index is 0.952. The maximum atomic E-state index is 4.47. The fourth-order valence-corrected chi connectivity index (χ4v) is 2.38. The van der Waals surface area contributed by atoms with Gasteiger partial charge in [0.05, 0.1) is 0 Å². The highest BCUT2D eigenvalue weighted by molar-refractivity contribution is 9.10. The summed E-state index contributed by atoms with van der Waals surface area (Å²) >= 11 is 3.50. The first-order valence-electron chi connectivity index (χ1n) is 5.50. The normalized spacial score (nSPS) is 13.6. The van der Waals surface area contributed by atoms with Crippen molar-refractivity contribution >= 4 is 27.4 Å². The molecule has 2 heterocycles. The van der Waals surface area contributed by atoms with Crippen molar-refractivity contribution in [2.75, 3.05) is 4.90 Å². The second-order valence-electron chi connectivity index (χ2n) is 3.92. The van der Waals surface area contributed by atoms with Crippen LogP contribution in [0, 0.1) is 0 Å². The number of hydrogen-bond acceptors (Lipinski definition) is 2. The van der Waals surface area contributed by atoms with Crippen LogP contribution in [0.2, 0.25) is 0 Å². The van der Waals surface area contributed by atoms with Crippen LogP contribution >= 0.6 is 15.9 Å². The molecular weight excluding hydrogens is 276 g/mol. The van der Waals surface area contributed by atoms with E-state index >= 15 is 0 Å². The largest absolute Gasteiger partial charge is 0.302 e. The Balaban J connectivity index is 2.09. The summed E-state index contributed by atoms with van der Waals surface area (Å²) in [7, 11) is 0. The van der Waals surface area contributed by atoms with E-state index in [-0.39, 0.29) is 0 Å². The number of fused-ring (bicyclic) bond motifs is 1. The third kappa shape index (κ3) is 1.98. The van der Waals surface area contributed by atoms with Gasteiger partial charge >= 0.3 is 0 Å². The van der Waals surface area contributed by atoms with Gasteiger partial charge in [0.25, 0.3) is 0 Å². The average molecular weight is 287 g/mol. The summed E-state index contributed by atoms with van der Waals surface area (Å²) in [5, 5.41) is 0. The van der Waals surface area contributed by atoms with Crippen LogP contribution in [0.4, 0.5) is 11.5 Å². The molecule has 0 fully saturated rings. The Morgan fingerprint density at radius 2 is 2.12 bits per heavy atom. The SMILES string of the molecule is Brc1cccc(N2C=CCc3cccnc32)c1. The van der Waals surface area contributed by atoms with Gasteiger partial charge in [0, 0.05) is 22.6 Å². The average Bonchev–Trinajstić information content (AvgIpc) is 2.38. The van der Waals surface area contributed by atoms with Gasteiger partial charge in [-0.05, 0) is 36.2 Å². The number of benzene rings is 1. The van der Waals surface area contributed by atoms with Crippen molar-refractivity contribution in [3.63, 3.8) is 0 Å². The zero-order valence-corrected chi connectivity index (χ0v) is 10.8. The van der Waals surface area contributed by atoms with Gasteiger partial charge in [0.2, 0.25) is 0 Å². The molecule has 0 saturated heterocycles. The molecule has 1 aromatic heterocycles. The van der Waals surface area contributed by atoms with E-state index in [4.69, 9.17) is 0 Å². The molecule has 1 aliphatic heterocycles. The molecule has 0 bridgehead atoms. The number of allylic oxidation sites excluding steroid dienone is 1. The zero-order valence-electron chi connectivity index (χ0n) is 9.18. The highest BCUT2D eigenvalue weighted by Gasteiger charge is 2.15. The molecule has 0 spiro atoms. The molecule has 17 heavy (non-hydrogen) atoms. The van der Waals surface area contributed by atoms with Crippen LogP contribution < -0.4 is 4.90 Å². The van der Waals surface area contributed by atoms with Crippen LogP contribution in [0.5, 0.6) is 0 Å². The van der Waals surface area contributed by atoms with Gasteiger partial charge in [-0.25, -0.2) is 4.98 Å². The van der Waals surface area contributed by atoms with Crippen molar-refractivity contribution < 1.29 is 0 Å². The van der Waals surface area contributed by atoms with Gasteiger partial charge in [0.15, 0.2) is 0 Å². The number of pyridine rings is 1. The molecule has 1 aromatic carbocycles. The second-order valence-corrected chi connectivity index (χ2v) is 4.84. The Morgan fingerprint density at radius 3 is 3.00 bits per heavy atom. The van der Waals surface area contributed by atoms with Crippen molar-refractivity contribution in [3.05, 3.63) is 64.9 Å². The smallest absolute Gasteiger partial charge is 0.140 e. The summed E-state index contributed by atoms with van der Waals surface area (Å²) in [4.78, 5) is 6.58. The quantitative estimate of drug-likeness (QED) is 0.786. The molecule has 84 valence electrons. The number of hydrogen-bond donors (Lipinski definition) is 0. The fourth-order valence-electron chi connectivity index (χ4n) is 2.00. The molecule has 3 heteroatoms. The lowest BCUT2D eigenvalue weighted by molar-refractivity contribution is 1.07. The first kappa shape index (κ1) is 10.5. The maximum absolute atomic E-state index is 4.47. The molecule has 2 nitrogen and oxygen atoms in total. The number of rotatable bonds is 1. The Morgan fingerprint density at radius 1 is 1.18 bits per heavy atom.